The van der Waals surface area contributed by atoms with Gasteiger partial charge in [-0.25, -0.2) is 4.98 Å². The molecule has 1 aromatic heterocycles. The molecule has 110 valence electrons. The van der Waals surface area contributed by atoms with Crippen LogP contribution >= 0.6 is 11.3 Å². The van der Waals surface area contributed by atoms with Gasteiger partial charge in [0, 0.05) is 12.1 Å². The number of amides is 1. The Balaban J connectivity index is 2.05. The zero-order valence-electron chi connectivity index (χ0n) is 11.9. The zero-order valence-corrected chi connectivity index (χ0v) is 12.7. The van der Waals surface area contributed by atoms with E-state index in [2.05, 4.69) is 15.0 Å². The van der Waals surface area contributed by atoms with Gasteiger partial charge in [0.25, 0.3) is 5.91 Å². The number of esters is 1. The van der Waals surface area contributed by atoms with Crippen LogP contribution in [0.1, 0.15) is 21.8 Å². The van der Waals surface area contributed by atoms with Crippen molar-refractivity contribution in [2.24, 2.45) is 0 Å². The molecule has 1 heterocycles. The van der Waals surface area contributed by atoms with Crippen molar-refractivity contribution in [3.8, 4) is 10.6 Å². The maximum absolute atomic E-state index is 12.1. The molecule has 0 unspecified atom stereocenters. The highest BCUT2D eigenvalue weighted by Gasteiger charge is 2.16. The first-order chi connectivity index (χ1) is 10.1. The van der Waals surface area contributed by atoms with E-state index in [9.17, 15) is 9.59 Å². The van der Waals surface area contributed by atoms with E-state index in [1.807, 2.05) is 30.3 Å². The average molecular weight is 304 g/mol. The first kappa shape index (κ1) is 15.2. The topological polar surface area (TPSA) is 68.3 Å². The third-order valence-corrected chi connectivity index (χ3v) is 4.07. The number of aromatic nitrogens is 1. The highest BCUT2D eigenvalue weighted by molar-refractivity contribution is 7.17. The van der Waals surface area contributed by atoms with E-state index in [0.717, 1.165) is 10.6 Å². The molecule has 0 fully saturated rings. The van der Waals surface area contributed by atoms with Gasteiger partial charge >= 0.3 is 5.97 Å². The Morgan fingerprint density at radius 3 is 2.67 bits per heavy atom. The molecule has 0 spiro atoms. The van der Waals surface area contributed by atoms with Crippen LogP contribution < -0.4 is 5.32 Å². The van der Waals surface area contributed by atoms with E-state index >= 15 is 0 Å². The van der Waals surface area contributed by atoms with Gasteiger partial charge in [0.15, 0.2) is 0 Å². The fourth-order valence-electron chi connectivity index (χ4n) is 1.77. The van der Waals surface area contributed by atoms with E-state index in [0.29, 0.717) is 10.6 Å². The molecular weight excluding hydrogens is 288 g/mol. The summed E-state index contributed by atoms with van der Waals surface area (Å²) in [6.45, 7) is 2.06. The van der Waals surface area contributed by atoms with Crippen molar-refractivity contribution in [2.75, 3.05) is 13.7 Å². The fraction of sp³-hybridized carbons (Fsp3) is 0.267. The highest BCUT2D eigenvalue weighted by Crippen LogP contribution is 2.27. The maximum Gasteiger partial charge on any atom is 0.307 e. The molecular formula is C15H16N2O3S. The third-order valence-electron chi connectivity index (χ3n) is 2.87. The Hall–Kier alpha value is -2.21. The van der Waals surface area contributed by atoms with Gasteiger partial charge in [-0.3, -0.25) is 9.59 Å². The van der Waals surface area contributed by atoms with Crippen LogP contribution in [0.25, 0.3) is 10.6 Å². The molecule has 6 heteroatoms. The molecule has 2 aromatic rings. The largest absolute Gasteiger partial charge is 0.469 e. The van der Waals surface area contributed by atoms with Gasteiger partial charge in [-0.2, -0.15) is 0 Å². The van der Waals surface area contributed by atoms with E-state index in [1.54, 1.807) is 6.92 Å². The number of hydrogen-bond acceptors (Lipinski definition) is 5. The van der Waals surface area contributed by atoms with E-state index in [-0.39, 0.29) is 24.8 Å². The van der Waals surface area contributed by atoms with Crippen molar-refractivity contribution in [3.63, 3.8) is 0 Å². The second kappa shape index (κ2) is 6.99. The van der Waals surface area contributed by atoms with E-state index in [4.69, 9.17) is 0 Å². The summed E-state index contributed by atoms with van der Waals surface area (Å²) in [5.41, 5.74) is 1.67. The Morgan fingerprint density at radius 1 is 1.29 bits per heavy atom. The van der Waals surface area contributed by atoms with Gasteiger partial charge in [0.2, 0.25) is 0 Å². The number of aryl methyl sites for hydroxylation is 1. The summed E-state index contributed by atoms with van der Waals surface area (Å²) >= 11 is 1.35. The Bertz CT molecular complexity index is 638. The van der Waals surface area contributed by atoms with Crippen molar-refractivity contribution in [2.45, 2.75) is 13.3 Å². The van der Waals surface area contributed by atoms with Crippen molar-refractivity contribution in [1.29, 1.82) is 0 Å². The van der Waals surface area contributed by atoms with Gasteiger partial charge in [-0.1, -0.05) is 30.3 Å². The van der Waals surface area contributed by atoms with Crippen LogP contribution in [0, 0.1) is 6.92 Å². The predicted octanol–water partition coefficient (Wildman–Crippen LogP) is 2.41. The lowest BCUT2D eigenvalue weighted by Crippen LogP contribution is -2.26. The number of nitrogens with zero attached hydrogens (tertiary/aromatic N) is 1. The summed E-state index contributed by atoms with van der Waals surface area (Å²) in [7, 11) is 1.32. The number of rotatable bonds is 5. The standard InChI is InChI=1S/C15H16N2O3S/c1-10-13(14(19)16-9-8-12(18)20-2)21-15(17-10)11-6-4-3-5-7-11/h3-7H,8-9H2,1-2H3,(H,16,19). The van der Waals surface area contributed by atoms with Crippen LogP contribution in [0.5, 0.6) is 0 Å². The maximum atomic E-state index is 12.1. The van der Waals surface area contributed by atoms with Crippen LogP contribution in [0.15, 0.2) is 30.3 Å². The van der Waals surface area contributed by atoms with Gasteiger partial charge in [-0.05, 0) is 6.92 Å². The number of nitrogens with one attached hydrogen (secondary N) is 1. The molecule has 0 aliphatic heterocycles. The first-order valence-electron chi connectivity index (χ1n) is 6.49. The average Bonchev–Trinajstić information content (AvgIpc) is 2.90. The number of thiazole rings is 1. The van der Waals surface area contributed by atoms with Crippen molar-refractivity contribution >= 4 is 23.2 Å². The zero-order chi connectivity index (χ0) is 15.2. The smallest absolute Gasteiger partial charge is 0.307 e. The highest BCUT2D eigenvalue weighted by atomic mass is 32.1. The number of carbonyl (C=O) groups excluding carboxylic acids is 2. The van der Waals surface area contributed by atoms with Crippen LogP contribution in [-0.4, -0.2) is 30.5 Å². The summed E-state index contributed by atoms with van der Waals surface area (Å²) in [5, 5.41) is 3.51. The Morgan fingerprint density at radius 2 is 2.00 bits per heavy atom. The van der Waals surface area contributed by atoms with Crippen LogP contribution in [-0.2, 0) is 9.53 Å². The number of benzene rings is 1. The number of methoxy groups -OCH3 is 1. The van der Waals surface area contributed by atoms with Crippen LogP contribution in [0.4, 0.5) is 0 Å². The lowest BCUT2D eigenvalue weighted by Gasteiger charge is -2.02. The monoisotopic (exact) mass is 304 g/mol. The Kier molecular flexibility index (Phi) is 5.05. The summed E-state index contributed by atoms with van der Waals surface area (Å²) in [6.07, 6.45) is 0.158. The minimum Gasteiger partial charge on any atom is -0.469 e. The molecule has 0 bridgehead atoms. The SMILES string of the molecule is COC(=O)CCNC(=O)c1sc(-c2ccccc2)nc1C. The molecule has 0 saturated carbocycles. The van der Waals surface area contributed by atoms with Gasteiger partial charge < -0.3 is 10.1 Å². The molecule has 0 aliphatic rings. The van der Waals surface area contributed by atoms with Gasteiger partial charge in [0.1, 0.15) is 9.88 Å². The van der Waals surface area contributed by atoms with Crippen molar-refractivity contribution in [1.82, 2.24) is 10.3 Å². The summed E-state index contributed by atoms with van der Waals surface area (Å²) in [6, 6.07) is 9.71. The van der Waals surface area contributed by atoms with E-state index in [1.165, 1.54) is 18.4 Å². The van der Waals surface area contributed by atoms with Crippen molar-refractivity contribution in [3.05, 3.63) is 40.9 Å². The molecule has 5 nitrogen and oxygen atoms in total. The second-order valence-electron chi connectivity index (χ2n) is 4.38. The molecule has 0 saturated heterocycles. The molecule has 21 heavy (non-hydrogen) atoms. The normalized spacial score (nSPS) is 10.2. The lowest BCUT2D eigenvalue weighted by molar-refractivity contribution is -0.140. The van der Waals surface area contributed by atoms with Gasteiger partial charge in [0.05, 0.1) is 19.2 Å². The molecule has 0 radical (unpaired) electrons. The first-order valence-corrected chi connectivity index (χ1v) is 7.31. The number of carbonyl (C=O) groups is 2. The summed E-state index contributed by atoms with van der Waals surface area (Å²) in [4.78, 5) is 28.1. The summed E-state index contributed by atoms with van der Waals surface area (Å²) in [5.74, 6) is -0.558. The summed E-state index contributed by atoms with van der Waals surface area (Å²) < 4.78 is 4.52. The molecule has 0 aliphatic carbocycles. The third kappa shape index (κ3) is 3.88. The molecule has 2 rings (SSSR count). The number of hydrogen-bond donors (Lipinski definition) is 1. The molecule has 1 N–H and O–H groups in total. The quantitative estimate of drug-likeness (QED) is 0.861. The second-order valence-corrected chi connectivity index (χ2v) is 5.38. The van der Waals surface area contributed by atoms with Crippen molar-refractivity contribution < 1.29 is 14.3 Å². The lowest BCUT2D eigenvalue weighted by atomic mass is 10.2. The number of ether oxygens (including phenoxy) is 1. The molecule has 1 amide bonds. The van der Waals surface area contributed by atoms with Crippen LogP contribution in [0.3, 0.4) is 0 Å². The minimum absolute atomic E-state index is 0.158. The van der Waals surface area contributed by atoms with E-state index < -0.39 is 0 Å². The predicted molar refractivity (Wildman–Crippen MR) is 81.3 cm³/mol. The Labute approximate surface area is 127 Å². The minimum atomic E-state index is -0.346. The van der Waals surface area contributed by atoms with Crippen LogP contribution in [0.2, 0.25) is 0 Å². The van der Waals surface area contributed by atoms with Gasteiger partial charge in [-0.15, -0.1) is 11.3 Å². The molecule has 1 aromatic carbocycles. The molecule has 0 atom stereocenters. The fourth-order valence-corrected chi connectivity index (χ4v) is 2.76.